The van der Waals surface area contributed by atoms with Crippen molar-refractivity contribution < 1.29 is 9.90 Å². The van der Waals surface area contributed by atoms with Crippen molar-refractivity contribution >= 4 is 5.97 Å². The summed E-state index contributed by atoms with van der Waals surface area (Å²) >= 11 is 0. The second-order valence-electron chi connectivity index (χ2n) is 3.13. The number of hydrogen-bond acceptors (Lipinski definition) is 2. The number of aromatic nitrogens is 2. The Balaban J connectivity index is 0.000000364. The molecule has 0 aliphatic rings. The summed E-state index contributed by atoms with van der Waals surface area (Å²) in [6, 6.07) is 0. The Morgan fingerprint density at radius 1 is 1.43 bits per heavy atom. The fraction of sp³-hybridized carbons (Fsp3) is 0.600. The normalized spacial score (nSPS) is 9.21. The van der Waals surface area contributed by atoms with Gasteiger partial charge in [-0.1, -0.05) is 0 Å². The van der Waals surface area contributed by atoms with Crippen molar-refractivity contribution in [2.24, 2.45) is 0 Å². The molecule has 80 valence electrons. The number of carboxylic acid groups (broad SMARTS) is 1. The van der Waals surface area contributed by atoms with Crippen molar-refractivity contribution in [1.29, 1.82) is 0 Å². The molecular formula is C10H18N2O2. The van der Waals surface area contributed by atoms with Crippen LogP contribution in [0.5, 0.6) is 0 Å². The summed E-state index contributed by atoms with van der Waals surface area (Å²) in [5.74, 6) is -0.833. The number of rotatable bonds is 1. The third-order valence-corrected chi connectivity index (χ3v) is 2.04. The van der Waals surface area contributed by atoms with E-state index >= 15 is 0 Å². The highest BCUT2D eigenvalue weighted by molar-refractivity contribution is 5.62. The van der Waals surface area contributed by atoms with Gasteiger partial charge in [0.25, 0.3) is 5.97 Å². The topological polar surface area (TPSA) is 55.1 Å². The van der Waals surface area contributed by atoms with Gasteiger partial charge in [0, 0.05) is 19.2 Å². The van der Waals surface area contributed by atoms with Gasteiger partial charge in [-0.2, -0.15) is 5.10 Å². The van der Waals surface area contributed by atoms with Crippen molar-refractivity contribution in [3.05, 3.63) is 17.0 Å². The third kappa shape index (κ3) is 3.60. The summed E-state index contributed by atoms with van der Waals surface area (Å²) in [5, 5.41) is 11.8. The molecule has 1 aromatic heterocycles. The molecule has 0 aromatic carbocycles. The minimum atomic E-state index is -0.833. The van der Waals surface area contributed by atoms with E-state index in [0.29, 0.717) is 0 Å². The fourth-order valence-corrected chi connectivity index (χ4v) is 1.09. The van der Waals surface area contributed by atoms with E-state index in [-0.39, 0.29) is 0 Å². The molecule has 4 heteroatoms. The zero-order chi connectivity index (χ0) is 11.3. The van der Waals surface area contributed by atoms with Gasteiger partial charge in [-0.15, -0.1) is 0 Å². The van der Waals surface area contributed by atoms with E-state index in [1.807, 2.05) is 4.68 Å². The number of aliphatic carboxylic acids is 1. The summed E-state index contributed by atoms with van der Waals surface area (Å²) in [4.78, 5) is 9.00. The van der Waals surface area contributed by atoms with Crippen LogP contribution in [0.15, 0.2) is 0 Å². The number of aryl methyl sites for hydroxylation is 2. The molecule has 0 saturated carbocycles. The van der Waals surface area contributed by atoms with Crippen LogP contribution in [0.2, 0.25) is 0 Å². The Labute approximate surface area is 84.6 Å². The Bertz CT molecular complexity index is 312. The van der Waals surface area contributed by atoms with Crippen LogP contribution in [0, 0.1) is 20.8 Å². The molecule has 0 fully saturated rings. The van der Waals surface area contributed by atoms with E-state index in [0.717, 1.165) is 19.2 Å². The molecule has 0 spiro atoms. The maximum Gasteiger partial charge on any atom is 0.300 e. The van der Waals surface area contributed by atoms with Gasteiger partial charge in [-0.3, -0.25) is 9.48 Å². The Kier molecular flexibility index (Phi) is 4.91. The van der Waals surface area contributed by atoms with Gasteiger partial charge >= 0.3 is 0 Å². The van der Waals surface area contributed by atoms with Crippen LogP contribution in [0.25, 0.3) is 0 Å². The van der Waals surface area contributed by atoms with Crippen LogP contribution < -0.4 is 0 Å². The first-order chi connectivity index (χ1) is 6.40. The predicted molar refractivity (Wildman–Crippen MR) is 55.4 cm³/mol. The number of carbonyl (C=O) groups is 1. The number of nitrogens with zero attached hydrogens (tertiary/aromatic N) is 2. The summed E-state index contributed by atoms with van der Waals surface area (Å²) < 4.78 is 2.03. The van der Waals surface area contributed by atoms with E-state index in [9.17, 15) is 0 Å². The molecule has 1 N–H and O–H groups in total. The van der Waals surface area contributed by atoms with E-state index in [1.54, 1.807) is 0 Å². The smallest absolute Gasteiger partial charge is 0.300 e. The van der Waals surface area contributed by atoms with Gasteiger partial charge in [0.2, 0.25) is 0 Å². The standard InChI is InChI=1S/C8H14N2.C2H4O2/c1-5-10-8(4)6(2)7(3)9-10;1-2(3)4/h5H2,1-4H3;1H3,(H,3,4). The molecule has 1 aromatic rings. The van der Waals surface area contributed by atoms with Gasteiger partial charge in [-0.05, 0) is 33.3 Å². The molecule has 0 aliphatic carbocycles. The Morgan fingerprint density at radius 2 is 1.86 bits per heavy atom. The second kappa shape index (κ2) is 5.42. The summed E-state index contributed by atoms with van der Waals surface area (Å²) in [6.07, 6.45) is 0. The van der Waals surface area contributed by atoms with Gasteiger partial charge in [0.05, 0.1) is 5.69 Å². The molecule has 0 radical (unpaired) electrons. The van der Waals surface area contributed by atoms with Crippen LogP contribution in [0.3, 0.4) is 0 Å². The lowest BCUT2D eigenvalue weighted by molar-refractivity contribution is -0.134. The molecule has 1 rings (SSSR count). The van der Waals surface area contributed by atoms with Gasteiger partial charge in [0.15, 0.2) is 0 Å². The van der Waals surface area contributed by atoms with E-state index in [2.05, 4.69) is 32.8 Å². The van der Waals surface area contributed by atoms with Gasteiger partial charge in [0.1, 0.15) is 0 Å². The molecule has 1 heterocycles. The van der Waals surface area contributed by atoms with E-state index in [4.69, 9.17) is 9.90 Å². The minimum absolute atomic E-state index is 0.833. The highest BCUT2D eigenvalue weighted by Gasteiger charge is 2.03. The van der Waals surface area contributed by atoms with E-state index < -0.39 is 5.97 Å². The number of hydrogen-bond donors (Lipinski definition) is 1. The first-order valence-corrected chi connectivity index (χ1v) is 4.60. The third-order valence-electron chi connectivity index (χ3n) is 2.04. The fourth-order valence-electron chi connectivity index (χ4n) is 1.09. The Hall–Kier alpha value is -1.32. The largest absolute Gasteiger partial charge is 0.481 e. The van der Waals surface area contributed by atoms with Crippen molar-refractivity contribution in [3.8, 4) is 0 Å². The van der Waals surface area contributed by atoms with Crippen molar-refractivity contribution in [1.82, 2.24) is 9.78 Å². The average molecular weight is 198 g/mol. The minimum Gasteiger partial charge on any atom is -0.481 e. The molecular weight excluding hydrogens is 180 g/mol. The maximum absolute atomic E-state index is 9.00. The number of carboxylic acids is 1. The zero-order valence-electron chi connectivity index (χ0n) is 9.46. The molecule has 0 saturated heterocycles. The van der Waals surface area contributed by atoms with Gasteiger partial charge in [-0.25, -0.2) is 0 Å². The average Bonchev–Trinajstić information content (AvgIpc) is 2.31. The highest BCUT2D eigenvalue weighted by Crippen LogP contribution is 2.09. The first-order valence-electron chi connectivity index (χ1n) is 4.60. The predicted octanol–water partition coefficient (Wildman–Crippen LogP) is 1.92. The van der Waals surface area contributed by atoms with Crippen LogP contribution >= 0.6 is 0 Å². The van der Waals surface area contributed by atoms with Crippen molar-refractivity contribution in [3.63, 3.8) is 0 Å². The van der Waals surface area contributed by atoms with Crippen LogP contribution in [0.4, 0.5) is 0 Å². The van der Waals surface area contributed by atoms with E-state index in [1.165, 1.54) is 11.3 Å². The second-order valence-corrected chi connectivity index (χ2v) is 3.13. The highest BCUT2D eigenvalue weighted by atomic mass is 16.4. The lowest BCUT2D eigenvalue weighted by Gasteiger charge is -1.96. The van der Waals surface area contributed by atoms with Gasteiger partial charge < -0.3 is 5.11 Å². The monoisotopic (exact) mass is 198 g/mol. The molecule has 0 amide bonds. The molecule has 0 aliphatic heterocycles. The summed E-state index contributed by atoms with van der Waals surface area (Å²) in [7, 11) is 0. The van der Waals surface area contributed by atoms with Crippen LogP contribution in [0.1, 0.15) is 30.8 Å². The lowest BCUT2D eigenvalue weighted by Crippen LogP contribution is -1.98. The summed E-state index contributed by atoms with van der Waals surface area (Å²) in [6.45, 7) is 10.4. The molecule has 14 heavy (non-hydrogen) atoms. The SMILES string of the molecule is CC(=O)O.CCn1nc(C)c(C)c1C. The molecule has 0 bridgehead atoms. The maximum atomic E-state index is 9.00. The lowest BCUT2D eigenvalue weighted by atomic mass is 10.2. The van der Waals surface area contributed by atoms with Crippen molar-refractivity contribution in [2.75, 3.05) is 0 Å². The summed E-state index contributed by atoms with van der Waals surface area (Å²) in [5.41, 5.74) is 3.77. The Morgan fingerprint density at radius 3 is 2.00 bits per heavy atom. The quantitative estimate of drug-likeness (QED) is 0.750. The molecule has 0 atom stereocenters. The van der Waals surface area contributed by atoms with Crippen LogP contribution in [-0.4, -0.2) is 20.9 Å². The van der Waals surface area contributed by atoms with Crippen molar-refractivity contribution in [2.45, 2.75) is 41.2 Å². The molecule has 0 unspecified atom stereocenters. The first kappa shape index (κ1) is 12.7. The zero-order valence-corrected chi connectivity index (χ0v) is 9.46. The van der Waals surface area contributed by atoms with Crippen LogP contribution in [-0.2, 0) is 11.3 Å². The molecule has 4 nitrogen and oxygen atoms in total.